The number of amides is 2. The molecule has 0 fully saturated rings. The monoisotopic (exact) mass is 332 g/mol. The molecule has 0 radical (unpaired) electrons. The van der Waals surface area contributed by atoms with Crippen LogP contribution in [0.1, 0.15) is 0 Å². The molecule has 0 atom stereocenters. The van der Waals surface area contributed by atoms with Crippen molar-refractivity contribution in [3.63, 3.8) is 0 Å². The average Bonchev–Trinajstić information content (AvgIpc) is 2.68. The maximum Gasteiger partial charge on any atom is 0.446 e. The molecule has 0 unspecified atom stereocenters. The lowest BCUT2D eigenvalue weighted by Gasteiger charge is -2.15. The minimum atomic E-state index is -4.47. The number of benzene rings is 1. The summed E-state index contributed by atoms with van der Waals surface area (Å²) in [6.45, 7) is -0.558. The molecule has 0 aliphatic carbocycles. The number of β-amino-alcohol motifs (C(OH)–C–C–N with tert-alkyl or cyclic N) is 1. The van der Waals surface area contributed by atoms with Gasteiger partial charge < -0.3 is 10.4 Å². The Labute approximate surface area is 127 Å². The van der Waals surface area contributed by atoms with Crippen LogP contribution in [0.3, 0.4) is 0 Å². The van der Waals surface area contributed by atoms with Gasteiger partial charge >= 0.3 is 5.51 Å². The topological polar surface area (TPSA) is 69.6 Å². The number of alkyl halides is 3. The molecule has 1 aliphatic heterocycles. The van der Waals surface area contributed by atoms with Crippen molar-refractivity contribution in [3.8, 4) is 0 Å². The number of nitrogens with one attached hydrogen (secondary N) is 1. The van der Waals surface area contributed by atoms with E-state index in [2.05, 4.69) is 5.32 Å². The molecule has 0 saturated carbocycles. The van der Waals surface area contributed by atoms with Crippen LogP contribution in [0.2, 0.25) is 0 Å². The van der Waals surface area contributed by atoms with Gasteiger partial charge in [0.1, 0.15) is 5.70 Å². The Morgan fingerprint density at radius 2 is 1.91 bits per heavy atom. The summed E-state index contributed by atoms with van der Waals surface area (Å²) in [5.41, 5.74) is -4.53. The number of para-hydroxylation sites is 1. The first kappa shape index (κ1) is 16.4. The van der Waals surface area contributed by atoms with Crippen molar-refractivity contribution in [2.45, 2.75) is 10.4 Å². The smallest absolute Gasteiger partial charge is 0.395 e. The van der Waals surface area contributed by atoms with Gasteiger partial charge in [0.15, 0.2) is 0 Å². The number of aliphatic hydroxyl groups excluding tert-OH is 1. The molecule has 1 aromatic carbocycles. The van der Waals surface area contributed by atoms with E-state index in [0.29, 0.717) is 0 Å². The fourth-order valence-corrected chi connectivity index (χ4v) is 2.46. The van der Waals surface area contributed by atoms with Crippen LogP contribution >= 0.6 is 11.8 Å². The first-order valence-corrected chi connectivity index (χ1v) is 6.93. The minimum absolute atomic E-state index is 0.0723. The molecule has 0 bridgehead atoms. The van der Waals surface area contributed by atoms with Gasteiger partial charge in [-0.15, -0.1) is 0 Å². The van der Waals surface area contributed by atoms with E-state index in [0.717, 1.165) is 11.0 Å². The number of carbonyl (C=O) groups is 2. The van der Waals surface area contributed by atoms with Crippen LogP contribution in [0.4, 0.5) is 18.9 Å². The van der Waals surface area contributed by atoms with Crippen molar-refractivity contribution in [2.75, 3.05) is 18.5 Å². The van der Waals surface area contributed by atoms with Crippen molar-refractivity contribution in [1.29, 1.82) is 0 Å². The van der Waals surface area contributed by atoms with Gasteiger partial charge in [-0.05, 0) is 23.9 Å². The van der Waals surface area contributed by atoms with Crippen LogP contribution in [0.15, 0.2) is 40.9 Å². The predicted molar refractivity (Wildman–Crippen MR) is 73.9 cm³/mol. The van der Waals surface area contributed by atoms with Crippen LogP contribution < -0.4 is 5.32 Å². The Balaban J connectivity index is 2.20. The number of carbonyl (C=O) groups excluding carboxylic acids is 2. The van der Waals surface area contributed by atoms with Gasteiger partial charge in [0, 0.05) is 11.0 Å². The number of nitrogens with zero attached hydrogens (tertiary/aromatic N) is 1. The third-order valence-corrected chi connectivity index (χ3v) is 3.52. The van der Waals surface area contributed by atoms with Crippen LogP contribution in [0, 0.1) is 0 Å². The molecule has 2 N–H and O–H groups in total. The quantitative estimate of drug-likeness (QED) is 0.637. The van der Waals surface area contributed by atoms with E-state index in [1.54, 1.807) is 0 Å². The lowest BCUT2D eigenvalue weighted by molar-refractivity contribution is -0.137. The van der Waals surface area contributed by atoms with Gasteiger partial charge in [0.2, 0.25) is 0 Å². The number of hydrogen-bond acceptors (Lipinski definition) is 5. The van der Waals surface area contributed by atoms with Crippen LogP contribution in [0.5, 0.6) is 0 Å². The fourth-order valence-electron chi connectivity index (χ4n) is 1.84. The second kappa shape index (κ2) is 6.41. The SMILES string of the molecule is O=C1C=C(Nc2ccccc2SC(F)(F)F)C(=O)N1CCO. The summed E-state index contributed by atoms with van der Waals surface area (Å²) in [7, 11) is 0. The molecule has 1 aromatic rings. The van der Waals surface area contributed by atoms with E-state index < -0.39 is 17.3 Å². The van der Waals surface area contributed by atoms with E-state index >= 15 is 0 Å². The average molecular weight is 332 g/mol. The van der Waals surface area contributed by atoms with Crippen LogP contribution in [0.25, 0.3) is 0 Å². The molecule has 5 nitrogen and oxygen atoms in total. The van der Waals surface area contributed by atoms with Crippen molar-refractivity contribution >= 4 is 29.3 Å². The van der Waals surface area contributed by atoms with E-state index in [-0.39, 0.29) is 41.2 Å². The molecule has 118 valence electrons. The normalized spacial score (nSPS) is 15.3. The number of halogens is 3. The molecule has 9 heteroatoms. The number of hydrogen-bond donors (Lipinski definition) is 2. The number of aliphatic hydroxyl groups is 1. The lowest BCUT2D eigenvalue weighted by Crippen LogP contribution is -2.34. The molecule has 1 aliphatic rings. The van der Waals surface area contributed by atoms with Gasteiger partial charge in [0.25, 0.3) is 11.8 Å². The predicted octanol–water partition coefficient (Wildman–Crippen LogP) is 1.96. The summed E-state index contributed by atoms with van der Waals surface area (Å²) in [5, 5.41) is 11.3. The zero-order valence-electron chi connectivity index (χ0n) is 11.1. The third kappa shape index (κ3) is 3.80. The fraction of sp³-hybridized carbons (Fsp3) is 0.231. The first-order chi connectivity index (χ1) is 10.3. The summed E-state index contributed by atoms with van der Waals surface area (Å²) in [4.78, 5) is 24.2. The summed E-state index contributed by atoms with van der Waals surface area (Å²) in [6.07, 6.45) is 0.993. The zero-order chi connectivity index (χ0) is 16.3. The van der Waals surface area contributed by atoms with Crippen LogP contribution in [-0.2, 0) is 9.59 Å². The van der Waals surface area contributed by atoms with Gasteiger partial charge in [-0.1, -0.05) is 12.1 Å². The second-order valence-corrected chi connectivity index (χ2v) is 5.35. The van der Waals surface area contributed by atoms with Crippen molar-refractivity contribution < 1.29 is 27.9 Å². The Morgan fingerprint density at radius 1 is 1.23 bits per heavy atom. The molecule has 1 heterocycles. The van der Waals surface area contributed by atoms with Gasteiger partial charge in [0.05, 0.1) is 18.8 Å². The van der Waals surface area contributed by atoms with E-state index in [9.17, 15) is 22.8 Å². The largest absolute Gasteiger partial charge is 0.446 e. The Hall–Kier alpha value is -2.00. The summed E-state index contributed by atoms with van der Waals surface area (Å²) in [5.74, 6) is -1.31. The number of anilines is 1. The highest BCUT2D eigenvalue weighted by molar-refractivity contribution is 8.00. The van der Waals surface area contributed by atoms with E-state index in [1.165, 1.54) is 24.3 Å². The van der Waals surface area contributed by atoms with Crippen molar-refractivity contribution in [3.05, 3.63) is 36.0 Å². The highest BCUT2D eigenvalue weighted by Crippen LogP contribution is 2.40. The lowest BCUT2D eigenvalue weighted by atomic mass is 10.3. The second-order valence-electron chi connectivity index (χ2n) is 4.25. The third-order valence-electron chi connectivity index (χ3n) is 2.72. The van der Waals surface area contributed by atoms with Gasteiger partial charge in [-0.2, -0.15) is 13.2 Å². The molecular formula is C13H11F3N2O3S. The number of thioether (sulfide) groups is 1. The number of rotatable bonds is 5. The van der Waals surface area contributed by atoms with Crippen molar-refractivity contribution in [2.24, 2.45) is 0 Å². The standard InChI is InChI=1S/C13H11F3N2O3S/c14-13(15,16)22-10-4-2-1-3-8(10)17-9-7-11(20)18(5-6-19)12(9)21/h1-4,7,17,19H,5-6H2. The van der Waals surface area contributed by atoms with E-state index in [1.807, 2.05) is 0 Å². The van der Waals surface area contributed by atoms with Gasteiger partial charge in [-0.3, -0.25) is 14.5 Å². The van der Waals surface area contributed by atoms with Gasteiger partial charge in [-0.25, -0.2) is 0 Å². The first-order valence-electron chi connectivity index (χ1n) is 6.12. The highest BCUT2D eigenvalue weighted by Gasteiger charge is 2.33. The maximum absolute atomic E-state index is 12.5. The summed E-state index contributed by atoms with van der Waals surface area (Å²) in [6, 6.07) is 5.58. The Bertz CT molecular complexity index is 631. The minimum Gasteiger partial charge on any atom is -0.395 e. The van der Waals surface area contributed by atoms with Crippen molar-refractivity contribution in [1.82, 2.24) is 4.90 Å². The van der Waals surface area contributed by atoms with E-state index in [4.69, 9.17) is 5.11 Å². The Kier molecular flexibility index (Phi) is 4.77. The molecular weight excluding hydrogens is 321 g/mol. The highest BCUT2D eigenvalue weighted by atomic mass is 32.2. The number of imide groups is 1. The van der Waals surface area contributed by atoms with Crippen LogP contribution in [-0.4, -0.2) is 40.5 Å². The molecule has 0 saturated heterocycles. The molecule has 2 rings (SSSR count). The Morgan fingerprint density at radius 3 is 2.55 bits per heavy atom. The molecule has 22 heavy (non-hydrogen) atoms. The molecule has 2 amide bonds. The summed E-state index contributed by atoms with van der Waals surface area (Å²) >= 11 is -0.316. The molecule has 0 aromatic heterocycles. The maximum atomic E-state index is 12.5. The zero-order valence-corrected chi connectivity index (χ0v) is 11.9. The summed E-state index contributed by atoms with van der Waals surface area (Å²) < 4.78 is 37.5. The molecule has 0 spiro atoms.